The quantitative estimate of drug-likeness (QED) is 0.679. The minimum absolute atomic E-state index is 0.300. The predicted octanol–water partition coefficient (Wildman–Crippen LogP) is 3.24. The Kier molecular flexibility index (Phi) is 4.26. The van der Waals surface area contributed by atoms with E-state index in [4.69, 9.17) is 11.6 Å². The first kappa shape index (κ1) is 13.2. The molecule has 1 amide bonds. The largest absolute Gasteiger partial charge is 0.271 e. The highest BCUT2D eigenvalue weighted by atomic mass is 35.5. The first-order valence-electron chi connectivity index (χ1n) is 5.50. The van der Waals surface area contributed by atoms with Gasteiger partial charge in [-0.25, -0.2) is 9.82 Å². The van der Waals surface area contributed by atoms with E-state index in [-0.39, 0.29) is 0 Å². The standard InChI is InChI=1S/C14H10ClFN2O/c15-12-6-3-5-10(8-12)14(19)18-17-9-11-4-1-2-7-13(11)16/h1-9H,(H,18,19). The van der Waals surface area contributed by atoms with Gasteiger partial charge in [-0.1, -0.05) is 35.9 Å². The van der Waals surface area contributed by atoms with Crippen molar-refractivity contribution in [2.24, 2.45) is 5.10 Å². The number of amides is 1. The predicted molar refractivity (Wildman–Crippen MR) is 72.9 cm³/mol. The van der Waals surface area contributed by atoms with Crippen LogP contribution in [0.15, 0.2) is 53.6 Å². The molecule has 96 valence electrons. The Hall–Kier alpha value is -2.20. The molecule has 0 atom stereocenters. The van der Waals surface area contributed by atoms with E-state index < -0.39 is 11.7 Å². The van der Waals surface area contributed by atoms with Crippen LogP contribution >= 0.6 is 11.6 Å². The molecule has 0 saturated carbocycles. The Morgan fingerprint density at radius 3 is 2.74 bits per heavy atom. The smallest absolute Gasteiger partial charge is 0.267 e. The van der Waals surface area contributed by atoms with Crippen LogP contribution in [0.4, 0.5) is 4.39 Å². The van der Waals surface area contributed by atoms with E-state index in [9.17, 15) is 9.18 Å². The van der Waals surface area contributed by atoms with E-state index >= 15 is 0 Å². The molecule has 0 bridgehead atoms. The van der Waals surface area contributed by atoms with Crippen molar-refractivity contribution < 1.29 is 9.18 Å². The zero-order valence-electron chi connectivity index (χ0n) is 9.81. The Labute approximate surface area is 114 Å². The van der Waals surface area contributed by atoms with Gasteiger partial charge in [-0.3, -0.25) is 4.79 Å². The van der Waals surface area contributed by atoms with Gasteiger partial charge in [0.05, 0.1) is 6.21 Å². The molecule has 0 spiro atoms. The summed E-state index contributed by atoms with van der Waals surface area (Å²) in [7, 11) is 0. The molecule has 2 rings (SSSR count). The van der Waals surface area contributed by atoms with Crippen LogP contribution in [0.5, 0.6) is 0 Å². The number of hydrogen-bond acceptors (Lipinski definition) is 2. The van der Waals surface area contributed by atoms with Crippen molar-refractivity contribution in [1.82, 2.24) is 5.43 Å². The van der Waals surface area contributed by atoms with Crippen LogP contribution < -0.4 is 5.43 Å². The van der Waals surface area contributed by atoms with Crippen LogP contribution in [-0.4, -0.2) is 12.1 Å². The lowest BCUT2D eigenvalue weighted by molar-refractivity contribution is 0.0955. The van der Waals surface area contributed by atoms with Crippen LogP contribution in [0, 0.1) is 5.82 Å². The summed E-state index contributed by atoms with van der Waals surface area (Å²) in [6.45, 7) is 0. The minimum Gasteiger partial charge on any atom is -0.267 e. The fourth-order valence-electron chi connectivity index (χ4n) is 1.43. The third-order valence-electron chi connectivity index (χ3n) is 2.36. The van der Waals surface area contributed by atoms with Crippen molar-refractivity contribution in [3.8, 4) is 0 Å². The van der Waals surface area contributed by atoms with Crippen LogP contribution in [-0.2, 0) is 0 Å². The summed E-state index contributed by atoms with van der Waals surface area (Å²) in [5, 5.41) is 4.16. The van der Waals surface area contributed by atoms with E-state index in [0.29, 0.717) is 16.1 Å². The molecule has 0 radical (unpaired) electrons. The monoisotopic (exact) mass is 276 g/mol. The highest BCUT2D eigenvalue weighted by molar-refractivity contribution is 6.30. The van der Waals surface area contributed by atoms with Gasteiger partial charge in [0.25, 0.3) is 5.91 Å². The maximum absolute atomic E-state index is 13.3. The molecule has 0 unspecified atom stereocenters. The molecule has 1 N–H and O–H groups in total. The van der Waals surface area contributed by atoms with Gasteiger partial charge in [0, 0.05) is 16.1 Å². The third kappa shape index (κ3) is 3.63. The molecule has 19 heavy (non-hydrogen) atoms. The van der Waals surface area contributed by atoms with Gasteiger partial charge in [0.15, 0.2) is 0 Å². The summed E-state index contributed by atoms with van der Waals surface area (Å²) in [5.41, 5.74) is 2.99. The molecular weight excluding hydrogens is 267 g/mol. The number of nitrogens with zero attached hydrogens (tertiary/aromatic N) is 1. The molecule has 0 aliphatic carbocycles. The Balaban J connectivity index is 2.03. The summed E-state index contributed by atoms with van der Waals surface area (Å²) >= 11 is 5.77. The second kappa shape index (κ2) is 6.11. The van der Waals surface area contributed by atoms with Crippen LogP contribution in [0.25, 0.3) is 0 Å². The van der Waals surface area contributed by atoms with Gasteiger partial charge < -0.3 is 0 Å². The summed E-state index contributed by atoms with van der Waals surface area (Å²) in [5.74, 6) is -0.807. The summed E-state index contributed by atoms with van der Waals surface area (Å²) in [6.07, 6.45) is 1.25. The first-order chi connectivity index (χ1) is 9.16. The van der Waals surface area contributed by atoms with Crippen LogP contribution in [0.1, 0.15) is 15.9 Å². The minimum atomic E-state index is -0.407. The van der Waals surface area contributed by atoms with Crippen molar-refractivity contribution in [2.45, 2.75) is 0 Å². The van der Waals surface area contributed by atoms with E-state index in [2.05, 4.69) is 10.5 Å². The maximum Gasteiger partial charge on any atom is 0.271 e. The molecule has 0 aliphatic heterocycles. The maximum atomic E-state index is 13.3. The molecular formula is C14H10ClFN2O. The van der Waals surface area contributed by atoms with E-state index in [1.54, 1.807) is 36.4 Å². The van der Waals surface area contributed by atoms with Crippen molar-refractivity contribution in [3.05, 3.63) is 70.5 Å². The third-order valence-corrected chi connectivity index (χ3v) is 2.60. The number of benzene rings is 2. The molecule has 2 aromatic carbocycles. The van der Waals surface area contributed by atoms with E-state index in [0.717, 1.165) is 0 Å². The second-order valence-corrected chi connectivity index (χ2v) is 4.17. The average Bonchev–Trinajstić information content (AvgIpc) is 2.41. The van der Waals surface area contributed by atoms with Gasteiger partial charge in [0.2, 0.25) is 0 Å². The number of rotatable bonds is 3. The van der Waals surface area contributed by atoms with Crippen molar-refractivity contribution in [2.75, 3.05) is 0 Å². The zero-order chi connectivity index (χ0) is 13.7. The number of halogens is 2. The summed E-state index contributed by atoms with van der Waals surface area (Å²) in [4.78, 5) is 11.7. The number of hydrogen-bond donors (Lipinski definition) is 1. The van der Waals surface area contributed by atoms with Crippen LogP contribution in [0.3, 0.4) is 0 Å². The zero-order valence-corrected chi connectivity index (χ0v) is 10.6. The fourth-order valence-corrected chi connectivity index (χ4v) is 1.62. The molecule has 0 aromatic heterocycles. The summed E-state index contributed by atoms with van der Waals surface area (Å²) in [6, 6.07) is 12.6. The number of carbonyl (C=O) groups excluding carboxylic acids is 1. The summed E-state index contributed by atoms with van der Waals surface area (Å²) < 4.78 is 13.3. The Morgan fingerprint density at radius 2 is 2.00 bits per heavy atom. The van der Waals surface area contributed by atoms with E-state index in [1.807, 2.05) is 0 Å². The number of hydrazone groups is 1. The lowest BCUT2D eigenvalue weighted by Crippen LogP contribution is -2.17. The van der Waals surface area contributed by atoms with Crippen molar-refractivity contribution >= 4 is 23.7 Å². The topological polar surface area (TPSA) is 41.5 Å². The van der Waals surface area contributed by atoms with Gasteiger partial charge >= 0.3 is 0 Å². The average molecular weight is 277 g/mol. The highest BCUT2D eigenvalue weighted by Crippen LogP contribution is 2.10. The Bertz CT molecular complexity index is 628. The molecule has 5 heteroatoms. The molecule has 0 saturated heterocycles. The molecule has 2 aromatic rings. The highest BCUT2D eigenvalue weighted by Gasteiger charge is 2.04. The SMILES string of the molecule is O=C(NN=Cc1ccccc1F)c1cccc(Cl)c1. The number of nitrogens with one attached hydrogen (secondary N) is 1. The molecule has 0 fully saturated rings. The van der Waals surface area contributed by atoms with Crippen molar-refractivity contribution in [1.29, 1.82) is 0 Å². The first-order valence-corrected chi connectivity index (χ1v) is 5.88. The number of carbonyl (C=O) groups is 1. The lowest BCUT2D eigenvalue weighted by Gasteiger charge is -2.00. The molecule has 0 aliphatic rings. The second-order valence-electron chi connectivity index (χ2n) is 3.73. The van der Waals surface area contributed by atoms with Gasteiger partial charge in [-0.2, -0.15) is 5.10 Å². The van der Waals surface area contributed by atoms with Crippen molar-refractivity contribution in [3.63, 3.8) is 0 Å². The van der Waals surface area contributed by atoms with Gasteiger partial charge in [0.1, 0.15) is 5.82 Å². The lowest BCUT2D eigenvalue weighted by atomic mass is 10.2. The fraction of sp³-hybridized carbons (Fsp3) is 0. The normalized spacial score (nSPS) is 10.6. The molecule has 3 nitrogen and oxygen atoms in total. The van der Waals surface area contributed by atoms with Crippen LogP contribution in [0.2, 0.25) is 5.02 Å². The molecule has 0 heterocycles. The van der Waals surface area contributed by atoms with Gasteiger partial charge in [-0.15, -0.1) is 0 Å². The van der Waals surface area contributed by atoms with Gasteiger partial charge in [-0.05, 0) is 24.3 Å². The Morgan fingerprint density at radius 1 is 1.21 bits per heavy atom. The van der Waals surface area contributed by atoms with E-state index in [1.165, 1.54) is 18.3 Å².